The van der Waals surface area contributed by atoms with Crippen LogP contribution in [-0.4, -0.2) is 35.2 Å². The zero-order valence-electron chi connectivity index (χ0n) is 8.67. The zero-order chi connectivity index (χ0) is 11.7. The minimum atomic E-state index is -1.20. The lowest BCUT2D eigenvalue weighted by atomic mass is 10.0. The number of likely N-dealkylation sites (N-methyl/N-ethyl adjacent to an activating group) is 1. The first kappa shape index (κ1) is 10.4. The van der Waals surface area contributed by atoms with Crippen LogP contribution in [-0.2, 0) is 11.2 Å². The van der Waals surface area contributed by atoms with E-state index in [0.717, 1.165) is 11.4 Å². The maximum Gasteiger partial charge on any atom is 0.405 e. The molecule has 84 valence electrons. The molecule has 2 heterocycles. The van der Waals surface area contributed by atoms with Crippen LogP contribution in [0.5, 0.6) is 0 Å². The third-order valence-electron chi connectivity index (χ3n) is 2.55. The monoisotopic (exact) mass is 221 g/mol. The normalized spacial score (nSPS) is 19.2. The van der Waals surface area contributed by atoms with E-state index in [1.807, 2.05) is 0 Å². The van der Waals surface area contributed by atoms with Crippen LogP contribution in [0.4, 0.5) is 10.5 Å². The van der Waals surface area contributed by atoms with Crippen LogP contribution in [0.2, 0.25) is 0 Å². The van der Waals surface area contributed by atoms with Crippen molar-refractivity contribution in [3.8, 4) is 0 Å². The molecule has 1 unspecified atom stereocenters. The molecule has 1 aliphatic heterocycles. The van der Waals surface area contributed by atoms with Crippen molar-refractivity contribution in [2.24, 2.45) is 0 Å². The van der Waals surface area contributed by atoms with E-state index in [1.165, 1.54) is 4.90 Å². The molecule has 0 aromatic carbocycles. The zero-order valence-corrected chi connectivity index (χ0v) is 8.67. The van der Waals surface area contributed by atoms with Crippen LogP contribution in [0.1, 0.15) is 5.69 Å². The number of amides is 2. The van der Waals surface area contributed by atoms with Crippen LogP contribution >= 0.6 is 0 Å². The predicted molar refractivity (Wildman–Crippen MR) is 56.3 cm³/mol. The number of fused-ring (bicyclic) bond motifs is 1. The molecule has 0 bridgehead atoms. The molecule has 2 N–H and O–H groups in total. The Morgan fingerprint density at radius 1 is 1.69 bits per heavy atom. The number of nitrogens with one attached hydrogen (secondary N) is 1. The van der Waals surface area contributed by atoms with Gasteiger partial charge in [0.1, 0.15) is 6.04 Å². The van der Waals surface area contributed by atoms with E-state index >= 15 is 0 Å². The molecule has 1 aromatic heterocycles. The van der Waals surface area contributed by atoms with E-state index in [1.54, 1.807) is 25.4 Å². The van der Waals surface area contributed by atoms with Crippen molar-refractivity contribution in [2.45, 2.75) is 12.5 Å². The van der Waals surface area contributed by atoms with Crippen molar-refractivity contribution in [3.63, 3.8) is 0 Å². The number of pyridine rings is 1. The molecule has 2 amide bonds. The standard InChI is InChI=1S/C10H11N3O3/c1-13-8-3-2-4-11-6(8)5-7(9(13)14)12-10(15)16/h2-4,7,12H,5H2,1H3,(H,15,16). The minimum Gasteiger partial charge on any atom is -0.465 e. The highest BCUT2D eigenvalue weighted by molar-refractivity contribution is 6.00. The van der Waals surface area contributed by atoms with Crippen molar-refractivity contribution in [3.05, 3.63) is 24.0 Å². The highest BCUT2D eigenvalue weighted by Gasteiger charge is 2.32. The van der Waals surface area contributed by atoms with E-state index in [-0.39, 0.29) is 5.91 Å². The van der Waals surface area contributed by atoms with Gasteiger partial charge in [-0.25, -0.2) is 4.79 Å². The molecule has 0 spiro atoms. The van der Waals surface area contributed by atoms with Gasteiger partial charge in [-0.3, -0.25) is 9.78 Å². The number of hydrogen-bond donors (Lipinski definition) is 2. The summed E-state index contributed by atoms with van der Waals surface area (Å²) in [5.41, 5.74) is 1.46. The van der Waals surface area contributed by atoms with Crippen LogP contribution in [0.15, 0.2) is 18.3 Å². The van der Waals surface area contributed by atoms with E-state index in [0.29, 0.717) is 6.42 Å². The fourth-order valence-corrected chi connectivity index (χ4v) is 1.79. The smallest absolute Gasteiger partial charge is 0.405 e. The molecule has 0 aliphatic carbocycles. The second kappa shape index (κ2) is 3.80. The maximum atomic E-state index is 11.8. The van der Waals surface area contributed by atoms with Gasteiger partial charge in [0.15, 0.2) is 0 Å². The number of anilines is 1. The van der Waals surface area contributed by atoms with Crippen LogP contribution in [0.3, 0.4) is 0 Å². The summed E-state index contributed by atoms with van der Waals surface area (Å²) in [6.45, 7) is 0. The molecular weight excluding hydrogens is 210 g/mol. The van der Waals surface area contributed by atoms with Crippen molar-refractivity contribution in [1.82, 2.24) is 10.3 Å². The lowest BCUT2D eigenvalue weighted by Gasteiger charge is -2.30. The van der Waals surface area contributed by atoms with Gasteiger partial charge in [0.2, 0.25) is 5.91 Å². The molecule has 0 radical (unpaired) electrons. The number of carbonyl (C=O) groups excluding carboxylic acids is 1. The molecule has 0 saturated heterocycles. The molecule has 2 rings (SSSR count). The van der Waals surface area contributed by atoms with Gasteiger partial charge in [0, 0.05) is 19.7 Å². The quantitative estimate of drug-likeness (QED) is 0.711. The molecule has 0 fully saturated rings. The average Bonchev–Trinajstić information content (AvgIpc) is 2.25. The number of carbonyl (C=O) groups is 2. The third-order valence-corrected chi connectivity index (χ3v) is 2.55. The second-order valence-corrected chi connectivity index (χ2v) is 3.57. The summed E-state index contributed by atoms with van der Waals surface area (Å²) in [7, 11) is 1.61. The Hall–Kier alpha value is -2.11. The summed E-state index contributed by atoms with van der Waals surface area (Å²) >= 11 is 0. The summed E-state index contributed by atoms with van der Waals surface area (Å²) in [6, 6.07) is 2.79. The third kappa shape index (κ3) is 1.69. The number of rotatable bonds is 1. The molecule has 6 heteroatoms. The van der Waals surface area contributed by atoms with Crippen LogP contribution in [0, 0.1) is 0 Å². The highest BCUT2D eigenvalue weighted by Crippen LogP contribution is 2.24. The summed E-state index contributed by atoms with van der Waals surface area (Å²) < 4.78 is 0. The first-order valence-electron chi connectivity index (χ1n) is 4.80. The number of aromatic nitrogens is 1. The maximum absolute atomic E-state index is 11.8. The lowest BCUT2D eigenvalue weighted by molar-refractivity contribution is -0.120. The van der Waals surface area contributed by atoms with E-state index in [2.05, 4.69) is 10.3 Å². The van der Waals surface area contributed by atoms with Crippen molar-refractivity contribution in [1.29, 1.82) is 0 Å². The van der Waals surface area contributed by atoms with Gasteiger partial charge >= 0.3 is 6.09 Å². The van der Waals surface area contributed by atoms with Gasteiger partial charge in [-0.2, -0.15) is 0 Å². The van der Waals surface area contributed by atoms with Gasteiger partial charge in [-0.1, -0.05) is 0 Å². The Kier molecular flexibility index (Phi) is 2.47. The number of nitrogens with zero attached hydrogens (tertiary/aromatic N) is 2. The lowest BCUT2D eigenvalue weighted by Crippen LogP contribution is -2.51. The largest absolute Gasteiger partial charge is 0.465 e. The first-order chi connectivity index (χ1) is 7.59. The molecule has 1 aliphatic rings. The second-order valence-electron chi connectivity index (χ2n) is 3.57. The Labute approximate surface area is 91.9 Å². The first-order valence-corrected chi connectivity index (χ1v) is 4.80. The summed E-state index contributed by atoms with van der Waals surface area (Å²) in [5, 5.41) is 10.8. The topological polar surface area (TPSA) is 82.5 Å². The SMILES string of the molecule is CN1C(=O)C(NC(=O)O)Cc2ncccc21. The fourth-order valence-electron chi connectivity index (χ4n) is 1.79. The summed E-state index contributed by atoms with van der Waals surface area (Å²) in [4.78, 5) is 27.9. The van der Waals surface area contributed by atoms with Crippen molar-refractivity contribution < 1.29 is 14.7 Å². The van der Waals surface area contributed by atoms with E-state index in [4.69, 9.17) is 5.11 Å². The van der Waals surface area contributed by atoms with Gasteiger partial charge in [0.05, 0.1) is 11.4 Å². The molecule has 0 saturated carbocycles. The van der Waals surface area contributed by atoms with E-state index < -0.39 is 12.1 Å². The van der Waals surface area contributed by atoms with Gasteiger partial charge in [-0.15, -0.1) is 0 Å². The molecule has 6 nitrogen and oxygen atoms in total. The molecule has 1 atom stereocenters. The Morgan fingerprint density at radius 2 is 2.44 bits per heavy atom. The van der Waals surface area contributed by atoms with Crippen LogP contribution < -0.4 is 10.2 Å². The van der Waals surface area contributed by atoms with Crippen LogP contribution in [0.25, 0.3) is 0 Å². The fraction of sp³-hybridized carbons (Fsp3) is 0.300. The van der Waals surface area contributed by atoms with Crippen molar-refractivity contribution in [2.75, 3.05) is 11.9 Å². The van der Waals surface area contributed by atoms with E-state index in [9.17, 15) is 9.59 Å². The van der Waals surface area contributed by atoms with Gasteiger partial charge < -0.3 is 15.3 Å². The van der Waals surface area contributed by atoms with Crippen molar-refractivity contribution >= 4 is 17.7 Å². The predicted octanol–water partition coefficient (Wildman–Crippen LogP) is 0.237. The van der Waals surface area contributed by atoms with Gasteiger partial charge in [0.25, 0.3) is 0 Å². The Bertz CT molecular complexity index is 447. The Morgan fingerprint density at radius 3 is 3.12 bits per heavy atom. The van der Waals surface area contributed by atoms with Gasteiger partial charge in [-0.05, 0) is 12.1 Å². The minimum absolute atomic E-state index is 0.261. The summed E-state index contributed by atoms with van der Waals surface area (Å²) in [5.74, 6) is -0.261. The molecular formula is C10H11N3O3. The summed E-state index contributed by atoms with van der Waals surface area (Å²) in [6.07, 6.45) is 0.720. The highest BCUT2D eigenvalue weighted by atomic mass is 16.4. The Balaban J connectivity index is 2.32. The number of carboxylic acid groups (broad SMARTS) is 1. The molecule has 1 aromatic rings. The number of hydrogen-bond acceptors (Lipinski definition) is 3. The average molecular weight is 221 g/mol. The molecule has 16 heavy (non-hydrogen) atoms.